The largest absolute Gasteiger partial charge is 0.490 e. The average molecular weight is 263 g/mol. The third kappa shape index (κ3) is 3.36. The Kier molecular flexibility index (Phi) is 4.15. The van der Waals surface area contributed by atoms with E-state index in [1.54, 1.807) is 6.20 Å². The van der Waals surface area contributed by atoms with Gasteiger partial charge in [0.2, 0.25) is 0 Å². The highest BCUT2D eigenvalue weighted by Crippen LogP contribution is 2.21. The van der Waals surface area contributed by atoms with Crippen molar-refractivity contribution in [2.75, 3.05) is 44.4 Å². The molecule has 2 fully saturated rings. The zero-order chi connectivity index (χ0) is 12.9. The molecule has 2 aliphatic rings. The lowest BCUT2D eigenvalue weighted by molar-refractivity contribution is 0.122. The second-order valence-electron chi connectivity index (χ2n) is 5.08. The molecule has 0 aliphatic carbocycles. The molecule has 0 radical (unpaired) electrons. The van der Waals surface area contributed by atoms with Gasteiger partial charge in [-0.3, -0.25) is 4.98 Å². The highest BCUT2D eigenvalue weighted by atomic mass is 16.5. The first-order valence-electron chi connectivity index (χ1n) is 7.06. The maximum Gasteiger partial charge on any atom is 0.139 e. The molecule has 1 atom stereocenters. The van der Waals surface area contributed by atoms with Gasteiger partial charge in [-0.15, -0.1) is 0 Å². The average Bonchev–Trinajstić information content (AvgIpc) is 3.00. The summed E-state index contributed by atoms with van der Waals surface area (Å²) in [6.07, 6.45) is 6.14. The molecule has 1 aromatic rings. The van der Waals surface area contributed by atoms with Crippen molar-refractivity contribution in [1.82, 2.24) is 10.3 Å². The van der Waals surface area contributed by atoms with Gasteiger partial charge in [0.1, 0.15) is 12.4 Å². The zero-order valence-corrected chi connectivity index (χ0v) is 11.2. The predicted octanol–water partition coefficient (Wildman–Crippen LogP) is 1.05. The van der Waals surface area contributed by atoms with Crippen molar-refractivity contribution >= 4 is 5.69 Å². The molecule has 0 amide bonds. The Morgan fingerprint density at radius 3 is 3.05 bits per heavy atom. The number of rotatable bonds is 4. The van der Waals surface area contributed by atoms with E-state index in [0.717, 1.165) is 50.9 Å². The van der Waals surface area contributed by atoms with Crippen LogP contribution in [0.3, 0.4) is 0 Å². The fourth-order valence-corrected chi connectivity index (χ4v) is 2.58. The molecule has 0 spiro atoms. The third-order valence-electron chi connectivity index (χ3n) is 3.69. The smallest absolute Gasteiger partial charge is 0.139 e. The normalized spacial score (nSPS) is 23.6. The van der Waals surface area contributed by atoms with Crippen LogP contribution in [0.5, 0.6) is 5.75 Å². The molecular weight excluding hydrogens is 242 g/mol. The molecule has 1 aromatic heterocycles. The second-order valence-corrected chi connectivity index (χ2v) is 5.08. The van der Waals surface area contributed by atoms with Gasteiger partial charge in [-0.05, 0) is 19.4 Å². The molecule has 3 heterocycles. The highest BCUT2D eigenvalue weighted by molar-refractivity contribution is 5.48. The summed E-state index contributed by atoms with van der Waals surface area (Å²) in [6.45, 7) is 5.27. The van der Waals surface area contributed by atoms with E-state index in [4.69, 9.17) is 9.47 Å². The Bertz CT molecular complexity index is 401. The number of morpholine rings is 1. The first-order valence-corrected chi connectivity index (χ1v) is 7.06. The van der Waals surface area contributed by atoms with Crippen LogP contribution in [0.1, 0.15) is 12.8 Å². The first-order chi connectivity index (χ1) is 9.42. The molecule has 5 heteroatoms. The highest BCUT2D eigenvalue weighted by Gasteiger charge is 2.15. The zero-order valence-electron chi connectivity index (χ0n) is 11.2. The number of ether oxygens (including phenoxy) is 2. The van der Waals surface area contributed by atoms with Crippen molar-refractivity contribution in [3.63, 3.8) is 0 Å². The maximum atomic E-state index is 5.84. The molecule has 5 nitrogen and oxygen atoms in total. The lowest BCUT2D eigenvalue weighted by atomic mass is 10.2. The number of nitrogens with one attached hydrogen (secondary N) is 1. The van der Waals surface area contributed by atoms with Gasteiger partial charge in [0.25, 0.3) is 0 Å². The van der Waals surface area contributed by atoms with Gasteiger partial charge in [-0.25, -0.2) is 0 Å². The molecule has 3 rings (SSSR count). The van der Waals surface area contributed by atoms with Crippen LogP contribution in [-0.4, -0.2) is 50.5 Å². The van der Waals surface area contributed by atoms with Crippen molar-refractivity contribution in [3.05, 3.63) is 18.5 Å². The summed E-state index contributed by atoms with van der Waals surface area (Å²) in [7, 11) is 0. The Morgan fingerprint density at radius 2 is 2.26 bits per heavy atom. The van der Waals surface area contributed by atoms with E-state index >= 15 is 0 Å². The van der Waals surface area contributed by atoms with E-state index in [2.05, 4.69) is 21.3 Å². The van der Waals surface area contributed by atoms with Crippen LogP contribution >= 0.6 is 0 Å². The summed E-state index contributed by atoms with van der Waals surface area (Å²) in [4.78, 5) is 6.57. The third-order valence-corrected chi connectivity index (χ3v) is 3.69. The van der Waals surface area contributed by atoms with Gasteiger partial charge in [0.15, 0.2) is 0 Å². The standard InChI is InChI=1S/C14H21N3O2/c1-2-12(16-3-1)11-19-14-8-13(9-15-10-14)17-4-6-18-7-5-17/h8-10,12,16H,1-7,11H2/t12-/m0/s1. The fourth-order valence-electron chi connectivity index (χ4n) is 2.58. The molecule has 19 heavy (non-hydrogen) atoms. The van der Waals surface area contributed by atoms with Crippen LogP contribution in [0, 0.1) is 0 Å². The van der Waals surface area contributed by atoms with Crippen LogP contribution in [0.4, 0.5) is 5.69 Å². The minimum absolute atomic E-state index is 0.493. The number of pyridine rings is 1. The number of hydrogen-bond acceptors (Lipinski definition) is 5. The maximum absolute atomic E-state index is 5.84. The van der Waals surface area contributed by atoms with E-state index < -0.39 is 0 Å². The van der Waals surface area contributed by atoms with E-state index in [0.29, 0.717) is 6.04 Å². The molecule has 0 unspecified atom stereocenters. The van der Waals surface area contributed by atoms with Gasteiger partial charge in [-0.2, -0.15) is 0 Å². The van der Waals surface area contributed by atoms with Crippen molar-refractivity contribution in [2.45, 2.75) is 18.9 Å². The minimum atomic E-state index is 0.493. The van der Waals surface area contributed by atoms with Gasteiger partial charge in [-0.1, -0.05) is 0 Å². The summed E-state index contributed by atoms with van der Waals surface area (Å²) in [5.41, 5.74) is 1.13. The Labute approximate surface area is 113 Å². The summed E-state index contributed by atoms with van der Waals surface area (Å²) in [5.74, 6) is 0.859. The van der Waals surface area contributed by atoms with E-state index in [1.165, 1.54) is 12.8 Å². The lowest BCUT2D eigenvalue weighted by Gasteiger charge is -2.28. The molecule has 0 aromatic carbocycles. The van der Waals surface area contributed by atoms with Crippen molar-refractivity contribution < 1.29 is 9.47 Å². The molecule has 1 N–H and O–H groups in total. The number of aromatic nitrogens is 1. The molecular formula is C14H21N3O2. The van der Waals surface area contributed by atoms with Crippen molar-refractivity contribution in [3.8, 4) is 5.75 Å². The number of anilines is 1. The summed E-state index contributed by atoms with van der Waals surface area (Å²) >= 11 is 0. The summed E-state index contributed by atoms with van der Waals surface area (Å²) in [5, 5.41) is 3.43. The number of hydrogen-bond donors (Lipinski definition) is 1. The SMILES string of the molecule is c1ncc(N2CCOCC2)cc1OC[C@@H]1CCCN1. The topological polar surface area (TPSA) is 46.6 Å². The van der Waals surface area contributed by atoms with E-state index in [9.17, 15) is 0 Å². The van der Waals surface area contributed by atoms with Gasteiger partial charge in [0.05, 0.1) is 31.3 Å². The predicted molar refractivity (Wildman–Crippen MR) is 73.8 cm³/mol. The summed E-state index contributed by atoms with van der Waals surface area (Å²) < 4.78 is 11.2. The molecule has 2 saturated heterocycles. The number of nitrogens with zero attached hydrogens (tertiary/aromatic N) is 2. The van der Waals surface area contributed by atoms with Crippen LogP contribution in [-0.2, 0) is 4.74 Å². The second kappa shape index (κ2) is 6.21. The monoisotopic (exact) mass is 263 g/mol. The van der Waals surface area contributed by atoms with Crippen molar-refractivity contribution in [1.29, 1.82) is 0 Å². The quantitative estimate of drug-likeness (QED) is 0.880. The van der Waals surface area contributed by atoms with Crippen molar-refractivity contribution in [2.24, 2.45) is 0 Å². The van der Waals surface area contributed by atoms with Gasteiger partial charge in [0, 0.05) is 25.2 Å². The summed E-state index contributed by atoms with van der Waals surface area (Å²) in [6, 6.07) is 2.57. The van der Waals surface area contributed by atoms with Gasteiger partial charge < -0.3 is 19.7 Å². The van der Waals surface area contributed by atoms with Crippen LogP contribution in [0.2, 0.25) is 0 Å². The molecule has 104 valence electrons. The fraction of sp³-hybridized carbons (Fsp3) is 0.643. The van der Waals surface area contributed by atoms with Gasteiger partial charge >= 0.3 is 0 Å². The van der Waals surface area contributed by atoms with Crippen LogP contribution < -0.4 is 15.0 Å². The Balaban J connectivity index is 1.58. The van der Waals surface area contributed by atoms with Crippen LogP contribution in [0.25, 0.3) is 0 Å². The van der Waals surface area contributed by atoms with Crippen LogP contribution in [0.15, 0.2) is 18.5 Å². The first kappa shape index (κ1) is 12.7. The van der Waals surface area contributed by atoms with E-state index in [-0.39, 0.29) is 0 Å². The Hall–Kier alpha value is -1.33. The lowest BCUT2D eigenvalue weighted by Crippen LogP contribution is -2.36. The molecule has 2 aliphatic heterocycles. The van der Waals surface area contributed by atoms with E-state index in [1.807, 2.05) is 6.20 Å². The minimum Gasteiger partial charge on any atom is -0.490 e. The Morgan fingerprint density at radius 1 is 1.37 bits per heavy atom. The molecule has 0 saturated carbocycles. The molecule has 0 bridgehead atoms.